The number of nitrogens with zero attached hydrogens (tertiary/aromatic N) is 2. The number of carbonyl (C=O) groups excluding carboxylic acids is 3. The van der Waals surface area contributed by atoms with Crippen LogP contribution < -0.4 is 16.8 Å². The molecular weight excluding hydrogens is 382 g/mol. The molecule has 1 aromatic carbocycles. The molecule has 1 aliphatic rings. The monoisotopic (exact) mass is 411 g/mol. The van der Waals surface area contributed by atoms with Crippen LogP contribution in [0.4, 0.5) is 0 Å². The number of aryl methyl sites for hydroxylation is 1. The number of amides is 2. The van der Waals surface area contributed by atoms with Crippen LogP contribution in [-0.4, -0.2) is 55.1 Å². The third-order valence-electron chi connectivity index (χ3n) is 4.66. The lowest BCUT2D eigenvalue weighted by molar-refractivity contribution is -0.127. The first-order valence-corrected chi connectivity index (χ1v) is 9.67. The number of allylic oxidation sites excluding steroid dienone is 3. The Morgan fingerprint density at radius 3 is 2.60 bits per heavy atom. The minimum Gasteiger partial charge on any atom is -0.398 e. The van der Waals surface area contributed by atoms with E-state index in [1.54, 1.807) is 25.1 Å². The largest absolute Gasteiger partial charge is 0.398 e. The molecule has 0 bridgehead atoms. The van der Waals surface area contributed by atoms with E-state index in [0.29, 0.717) is 36.9 Å². The fourth-order valence-electron chi connectivity index (χ4n) is 3.17. The number of rotatable bonds is 7. The predicted molar refractivity (Wildman–Crippen MR) is 116 cm³/mol. The first-order chi connectivity index (χ1) is 14.2. The second-order valence-corrected chi connectivity index (χ2v) is 7.38. The zero-order valence-electron chi connectivity index (χ0n) is 17.6. The highest BCUT2D eigenvalue weighted by atomic mass is 16.2. The SMILES string of the molecule is Cc1cccc(/C(N)=C/C=C(\N)NC(=O)CN2CCCC(C=O)=C2C(=O)N(C)C)c1. The predicted octanol–water partition coefficient (Wildman–Crippen LogP) is 0.848. The summed E-state index contributed by atoms with van der Waals surface area (Å²) in [5, 5.41) is 2.59. The summed E-state index contributed by atoms with van der Waals surface area (Å²) in [6, 6.07) is 7.72. The number of nitrogens with one attached hydrogen (secondary N) is 1. The van der Waals surface area contributed by atoms with Gasteiger partial charge in [0, 0.05) is 31.9 Å². The van der Waals surface area contributed by atoms with Gasteiger partial charge >= 0.3 is 0 Å². The van der Waals surface area contributed by atoms with Gasteiger partial charge in [-0.15, -0.1) is 0 Å². The number of aldehydes is 1. The second kappa shape index (κ2) is 10.3. The summed E-state index contributed by atoms with van der Waals surface area (Å²) in [5.41, 5.74) is 15.1. The molecule has 0 saturated carbocycles. The average molecular weight is 412 g/mol. The van der Waals surface area contributed by atoms with E-state index in [1.807, 2.05) is 31.2 Å². The fourth-order valence-corrected chi connectivity index (χ4v) is 3.17. The van der Waals surface area contributed by atoms with Gasteiger partial charge in [0.15, 0.2) is 0 Å². The van der Waals surface area contributed by atoms with Crippen molar-refractivity contribution in [2.24, 2.45) is 11.5 Å². The van der Waals surface area contributed by atoms with Crippen molar-refractivity contribution in [2.45, 2.75) is 19.8 Å². The standard InChI is InChI=1S/C22H29N5O3/c1-15-6-4-7-16(12-15)18(23)9-10-19(24)25-20(29)13-27-11-5-8-17(14-28)21(27)22(30)26(2)3/h4,6-7,9-10,12,14H,5,8,11,13,23-24H2,1-3H3,(H,25,29)/b18-9-,19-10+. The van der Waals surface area contributed by atoms with Gasteiger partial charge in [-0.25, -0.2) is 0 Å². The summed E-state index contributed by atoms with van der Waals surface area (Å²) in [6.07, 6.45) is 5.03. The van der Waals surface area contributed by atoms with Crippen LogP contribution in [-0.2, 0) is 14.4 Å². The minimum absolute atomic E-state index is 0.0854. The highest BCUT2D eigenvalue weighted by Crippen LogP contribution is 2.22. The molecule has 0 saturated heterocycles. The van der Waals surface area contributed by atoms with Crippen LogP contribution in [0.1, 0.15) is 24.0 Å². The van der Waals surface area contributed by atoms with Gasteiger partial charge in [-0.2, -0.15) is 0 Å². The normalized spacial score (nSPS) is 15.1. The third kappa shape index (κ3) is 5.97. The van der Waals surface area contributed by atoms with Gasteiger partial charge in [-0.1, -0.05) is 23.8 Å². The number of hydrogen-bond donors (Lipinski definition) is 3. The second-order valence-electron chi connectivity index (χ2n) is 7.38. The maximum absolute atomic E-state index is 12.5. The molecule has 0 fully saturated rings. The minimum atomic E-state index is -0.387. The van der Waals surface area contributed by atoms with Crippen LogP contribution >= 0.6 is 0 Å². The van der Waals surface area contributed by atoms with Crippen molar-refractivity contribution < 1.29 is 14.4 Å². The van der Waals surface area contributed by atoms with Gasteiger partial charge in [0.2, 0.25) is 5.91 Å². The van der Waals surface area contributed by atoms with Crippen LogP contribution in [0.5, 0.6) is 0 Å². The lowest BCUT2D eigenvalue weighted by Crippen LogP contribution is -2.44. The molecule has 8 nitrogen and oxygen atoms in total. The van der Waals surface area contributed by atoms with Crippen LogP contribution in [0.25, 0.3) is 5.70 Å². The van der Waals surface area contributed by atoms with E-state index in [0.717, 1.165) is 11.1 Å². The van der Waals surface area contributed by atoms with E-state index < -0.39 is 0 Å². The summed E-state index contributed by atoms with van der Waals surface area (Å²) in [7, 11) is 3.21. The molecule has 1 aromatic rings. The molecule has 1 aliphatic heterocycles. The lowest BCUT2D eigenvalue weighted by Gasteiger charge is -2.32. The van der Waals surface area contributed by atoms with E-state index >= 15 is 0 Å². The van der Waals surface area contributed by atoms with Crippen molar-refractivity contribution in [3.8, 4) is 0 Å². The first-order valence-electron chi connectivity index (χ1n) is 9.67. The lowest BCUT2D eigenvalue weighted by atomic mass is 10.0. The average Bonchev–Trinajstić information content (AvgIpc) is 2.71. The molecule has 160 valence electrons. The number of likely N-dealkylation sites (N-methyl/N-ethyl adjacent to an activating group) is 1. The van der Waals surface area contributed by atoms with Gasteiger partial charge in [0.25, 0.3) is 5.91 Å². The zero-order valence-corrected chi connectivity index (χ0v) is 17.6. The number of nitrogens with two attached hydrogens (primary N) is 2. The third-order valence-corrected chi connectivity index (χ3v) is 4.66. The smallest absolute Gasteiger partial charge is 0.270 e. The Hall–Kier alpha value is -3.55. The van der Waals surface area contributed by atoms with Crippen molar-refractivity contribution in [1.82, 2.24) is 15.1 Å². The quantitative estimate of drug-likeness (QED) is 0.452. The van der Waals surface area contributed by atoms with Crippen molar-refractivity contribution in [1.29, 1.82) is 0 Å². The molecule has 30 heavy (non-hydrogen) atoms. The molecule has 0 aromatic heterocycles. The first kappa shape index (κ1) is 22.7. The molecule has 8 heteroatoms. The molecular formula is C22H29N5O3. The molecule has 5 N–H and O–H groups in total. The number of hydrogen-bond acceptors (Lipinski definition) is 6. The van der Waals surface area contributed by atoms with Crippen LogP contribution in [0, 0.1) is 6.92 Å². The molecule has 2 amide bonds. The topological polar surface area (TPSA) is 122 Å². The van der Waals surface area contributed by atoms with E-state index in [-0.39, 0.29) is 29.9 Å². The Bertz CT molecular complexity index is 915. The van der Waals surface area contributed by atoms with E-state index in [2.05, 4.69) is 5.32 Å². The van der Waals surface area contributed by atoms with Crippen molar-refractivity contribution >= 4 is 23.8 Å². The summed E-state index contributed by atoms with van der Waals surface area (Å²) in [6.45, 7) is 2.39. The van der Waals surface area contributed by atoms with Gasteiger partial charge < -0.3 is 26.6 Å². The van der Waals surface area contributed by atoms with Gasteiger partial charge in [-0.3, -0.25) is 14.4 Å². The Morgan fingerprint density at radius 2 is 1.97 bits per heavy atom. The maximum atomic E-state index is 12.5. The highest BCUT2D eigenvalue weighted by molar-refractivity contribution is 5.99. The van der Waals surface area contributed by atoms with Gasteiger partial charge in [-0.05, 0) is 43.5 Å². The number of carbonyl (C=O) groups is 3. The van der Waals surface area contributed by atoms with E-state index in [4.69, 9.17) is 11.5 Å². The van der Waals surface area contributed by atoms with Crippen LogP contribution in [0.2, 0.25) is 0 Å². The Kier molecular flexibility index (Phi) is 7.80. The fraction of sp³-hybridized carbons (Fsp3) is 0.318. The zero-order chi connectivity index (χ0) is 22.3. The molecule has 0 aliphatic carbocycles. The van der Waals surface area contributed by atoms with Crippen molar-refractivity contribution in [2.75, 3.05) is 27.2 Å². The summed E-state index contributed by atoms with van der Waals surface area (Å²) >= 11 is 0. The number of benzene rings is 1. The Morgan fingerprint density at radius 1 is 1.23 bits per heavy atom. The van der Waals surface area contributed by atoms with Gasteiger partial charge in [0.1, 0.15) is 17.8 Å². The van der Waals surface area contributed by atoms with Crippen molar-refractivity contribution in [3.05, 3.63) is 64.6 Å². The highest BCUT2D eigenvalue weighted by Gasteiger charge is 2.28. The van der Waals surface area contributed by atoms with E-state index in [1.165, 1.54) is 11.0 Å². The summed E-state index contributed by atoms with van der Waals surface area (Å²) in [4.78, 5) is 39.3. The van der Waals surface area contributed by atoms with Crippen molar-refractivity contribution in [3.63, 3.8) is 0 Å². The van der Waals surface area contributed by atoms with Gasteiger partial charge in [0.05, 0.1) is 6.54 Å². The molecule has 0 atom stereocenters. The van der Waals surface area contributed by atoms with Crippen LogP contribution in [0.15, 0.2) is 53.5 Å². The molecule has 0 spiro atoms. The molecule has 0 radical (unpaired) electrons. The summed E-state index contributed by atoms with van der Waals surface area (Å²) in [5.74, 6) is -0.558. The molecule has 2 rings (SSSR count). The van der Waals surface area contributed by atoms with E-state index in [9.17, 15) is 14.4 Å². The maximum Gasteiger partial charge on any atom is 0.270 e. The molecule has 0 unspecified atom stereocenters. The Balaban J connectivity index is 2.08. The van der Waals surface area contributed by atoms with Crippen LogP contribution in [0.3, 0.4) is 0 Å². The molecule has 1 heterocycles. The Labute approximate surface area is 176 Å². The summed E-state index contributed by atoms with van der Waals surface area (Å²) < 4.78 is 0.